The first-order valence-electron chi connectivity index (χ1n) is 8.05. The van der Waals surface area contributed by atoms with Crippen LogP contribution in [0.3, 0.4) is 0 Å². The first-order chi connectivity index (χ1) is 12.5. The number of benzene rings is 1. The summed E-state index contributed by atoms with van der Waals surface area (Å²) in [6, 6.07) is 6.16. The van der Waals surface area contributed by atoms with Gasteiger partial charge in [-0.2, -0.15) is 0 Å². The normalized spacial score (nSPS) is 13.0. The zero-order valence-corrected chi connectivity index (χ0v) is 16.2. The summed E-state index contributed by atoms with van der Waals surface area (Å²) in [5.41, 5.74) is -0.841. The van der Waals surface area contributed by atoms with E-state index in [9.17, 15) is 22.7 Å². The molecule has 0 aromatic heterocycles. The summed E-state index contributed by atoms with van der Waals surface area (Å²) in [6.45, 7) is 4.25. The molecule has 1 aromatic rings. The Balaban J connectivity index is 2.91. The molecule has 0 aliphatic heterocycles. The van der Waals surface area contributed by atoms with E-state index in [1.807, 2.05) is 0 Å². The summed E-state index contributed by atoms with van der Waals surface area (Å²) in [6.07, 6.45) is 0.920. The van der Waals surface area contributed by atoms with Gasteiger partial charge in [0, 0.05) is 0 Å². The molecule has 0 heterocycles. The van der Waals surface area contributed by atoms with Crippen LogP contribution in [0.25, 0.3) is 0 Å². The number of carbonyl (C=O) groups excluding carboxylic acids is 2. The third kappa shape index (κ3) is 8.69. The van der Waals surface area contributed by atoms with Gasteiger partial charge in [0.2, 0.25) is 0 Å². The van der Waals surface area contributed by atoms with Gasteiger partial charge in [-0.05, 0) is 0 Å². The van der Waals surface area contributed by atoms with Gasteiger partial charge in [0.15, 0.2) is 0 Å². The van der Waals surface area contributed by atoms with Crippen molar-refractivity contribution >= 4 is 35.2 Å². The second-order valence-electron chi connectivity index (χ2n) is 6.45. The van der Waals surface area contributed by atoms with Crippen molar-refractivity contribution in [1.82, 2.24) is 10.0 Å². The van der Waals surface area contributed by atoms with Crippen molar-refractivity contribution in [1.29, 1.82) is 0 Å². The van der Waals surface area contributed by atoms with Crippen LogP contribution in [-0.4, -0.2) is 58.3 Å². The van der Waals surface area contributed by atoms with Gasteiger partial charge in [-0.25, -0.2) is 0 Å². The maximum atomic E-state index is 12.5. The van der Waals surface area contributed by atoms with Crippen molar-refractivity contribution < 1.29 is 27.4 Å². The molecule has 0 saturated heterocycles. The predicted octanol–water partition coefficient (Wildman–Crippen LogP) is -0.131. The molecule has 1 rings (SSSR count). The van der Waals surface area contributed by atoms with Crippen molar-refractivity contribution in [2.24, 2.45) is 4.99 Å². The SMILES string of the molecule is CC(C)(C)OC(=O)C(CNC(=O)CN=CB=O)NS(=O)(=O)c1ccccc1. The molecule has 0 aliphatic rings. The van der Waals surface area contributed by atoms with Crippen LogP contribution in [0.5, 0.6) is 0 Å². The molecular formula is C16H22BN3O6S. The molecule has 11 heteroatoms. The van der Waals surface area contributed by atoms with Crippen molar-refractivity contribution in [2.75, 3.05) is 13.1 Å². The average Bonchev–Trinajstić information content (AvgIpc) is 2.58. The molecule has 1 unspecified atom stereocenters. The number of nitrogens with one attached hydrogen (secondary N) is 2. The van der Waals surface area contributed by atoms with Crippen LogP contribution in [0.4, 0.5) is 0 Å². The minimum absolute atomic E-state index is 0.0273. The number of carbonyl (C=O) groups is 2. The Kier molecular flexibility index (Phi) is 8.45. The molecule has 9 nitrogen and oxygen atoms in total. The zero-order valence-electron chi connectivity index (χ0n) is 15.3. The van der Waals surface area contributed by atoms with Crippen LogP contribution in [0.2, 0.25) is 0 Å². The Bertz CT molecular complexity index is 790. The second-order valence-corrected chi connectivity index (χ2v) is 8.16. The van der Waals surface area contributed by atoms with Crippen molar-refractivity contribution in [3.8, 4) is 0 Å². The summed E-state index contributed by atoms with van der Waals surface area (Å²) in [5, 5.41) is 2.39. The van der Waals surface area contributed by atoms with E-state index < -0.39 is 33.5 Å². The van der Waals surface area contributed by atoms with E-state index >= 15 is 0 Å². The van der Waals surface area contributed by atoms with E-state index in [1.54, 1.807) is 39.0 Å². The molecule has 0 saturated carbocycles. The van der Waals surface area contributed by atoms with Crippen LogP contribution < -0.4 is 10.0 Å². The number of hydrogen-bond acceptors (Lipinski definition) is 7. The van der Waals surface area contributed by atoms with E-state index in [0.29, 0.717) is 7.15 Å². The fourth-order valence-electron chi connectivity index (χ4n) is 1.85. The van der Waals surface area contributed by atoms with Gasteiger partial charge in [-0.1, -0.05) is 6.07 Å². The van der Waals surface area contributed by atoms with Gasteiger partial charge >= 0.3 is 152 Å². The molecule has 0 radical (unpaired) electrons. The Labute approximate surface area is 158 Å². The van der Waals surface area contributed by atoms with E-state index in [2.05, 4.69) is 15.0 Å². The monoisotopic (exact) mass is 395 g/mol. The maximum absolute atomic E-state index is 12.5. The predicted molar refractivity (Wildman–Crippen MR) is 99.2 cm³/mol. The third-order valence-electron chi connectivity index (χ3n) is 2.95. The molecule has 0 aliphatic carbocycles. The van der Waals surface area contributed by atoms with E-state index in [1.165, 1.54) is 12.1 Å². The minimum atomic E-state index is -4.01. The van der Waals surface area contributed by atoms with E-state index in [0.717, 1.165) is 6.11 Å². The van der Waals surface area contributed by atoms with E-state index in [-0.39, 0.29) is 18.0 Å². The molecule has 2 N–H and O–H groups in total. The fraction of sp³-hybridized carbons (Fsp3) is 0.438. The summed E-state index contributed by atoms with van der Waals surface area (Å²) >= 11 is 0. The molecule has 27 heavy (non-hydrogen) atoms. The van der Waals surface area contributed by atoms with Crippen molar-refractivity contribution in [2.45, 2.75) is 37.3 Å². The molecule has 146 valence electrons. The number of hydrogen-bond donors (Lipinski definition) is 2. The number of nitrogens with zero attached hydrogens (tertiary/aromatic N) is 1. The van der Waals surface area contributed by atoms with E-state index in [4.69, 9.17) is 4.74 Å². The van der Waals surface area contributed by atoms with Crippen LogP contribution >= 0.6 is 0 Å². The quantitative estimate of drug-likeness (QED) is 0.340. The molecule has 1 amide bonds. The summed E-state index contributed by atoms with van der Waals surface area (Å²) in [7, 11) is -3.59. The second kappa shape index (κ2) is 10.1. The Morgan fingerprint density at radius 3 is 2.44 bits per heavy atom. The summed E-state index contributed by atoms with van der Waals surface area (Å²) in [5.74, 6) is -1.42. The van der Waals surface area contributed by atoms with Gasteiger partial charge in [-0.3, -0.25) is 0 Å². The molecule has 0 bridgehead atoms. The molecular weight excluding hydrogens is 373 g/mol. The number of amides is 1. The van der Waals surface area contributed by atoms with Gasteiger partial charge in [0.05, 0.1) is 0 Å². The fourth-order valence-corrected chi connectivity index (χ4v) is 3.06. The number of esters is 1. The summed E-state index contributed by atoms with van der Waals surface area (Å²) < 4.78 is 42.6. The van der Waals surface area contributed by atoms with Gasteiger partial charge in [-0.15, -0.1) is 0 Å². The molecule has 0 spiro atoms. The molecule has 0 fully saturated rings. The third-order valence-corrected chi connectivity index (χ3v) is 4.43. The first kappa shape index (κ1) is 22.6. The average molecular weight is 395 g/mol. The molecule has 1 atom stereocenters. The number of sulfonamides is 1. The van der Waals surface area contributed by atoms with Gasteiger partial charge in [0.25, 0.3) is 0 Å². The topological polar surface area (TPSA) is 131 Å². The number of ether oxygens (including phenoxy) is 1. The van der Waals surface area contributed by atoms with Crippen LogP contribution in [0.1, 0.15) is 20.8 Å². The standard InChI is InChI=1S/C16H22BN3O6S/c1-16(2,3)26-15(22)13(9-19-14(21)10-18-11-17-23)20-27(24,25)12-7-5-4-6-8-12/h4-8,11,13,20H,9-10H2,1-3H3,(H,19,21). The van der Waals surface area contributed by atoms with Gasteiger partial charge < -0.3 is 0 Å². The van der Waals surface area contributed by atoms with Crippen molar-refractivity contribution in [3.63, 3.8) is 0 Å². The number of rotatable bonds is 9. The Morgan fingerprint density at radius 2 is 1.89 bits per heavy atom. The number of aliphatic imine (C=N–C) groups is 1. The van der Waals surface area contributed by atoms with Crippen LogP contribution in [0, 0.1) is 0 Å². The Morgan fingerprint density at radius 1 is 1.26 bits per heavy atom. The summed E-state index contributed by atoms with van der Waals surface area (Å²) in [4.78, 5) is 27.6. The van der Waals surface area contributed by atoms with Gasteiger partial charge in [0.1, 0.15) is 0 Å². The van der Waals surface area contributed by atoms with Crippen LogP contribution in [0.15, 0.2) is 40.2 Å². The van der Waals surface area contributed by atoms with Crippen molar-refractivity contribution in [3.05, 3.63) is 30.3 Å². The first-order valence-corrected chi connectivity index (χ1v) is 9.54. The Hall–Kier alpha value is -2.40. The zero-order chi connectivity index (χ0) is 20.5. The molecule has 1 aromatic carbocycles. The van der Waals surface area contributed by atoms with Crippen LogP contribution in [-0.2, 0) is 29.1 Å².